The highest BCUT2D eigenvalue weighted by molar-refractivity contribution is 7.99. The van der Waals surface area contributed by atoms with E-state index in [0.717, 1.165) is 35.7 Å². The molecule has 0 aliphatic heterocycles. The van der Waals surface area contributed by atoms with E-state index in [1.165, 1.54) is 0 Å². The fourth-order valence-electron chi connectivity index (χ4n) is 1.51. The van der Waals surface area contributed by atoms with Crippen LogP contribution in [-0.4, -0.2) is 29.8 Å². The number of rotatable bonds is 7. The van der Waals surface area contributed by atoms with Gasteiger partial charge in [-0.05, 0) is 30.7 Å². The molecule has 1 aromatic rings. The van der Waals surface area contributed by atoms with Crippen LogP contribution >= 0.6 is 11.8 Å². The summed E-state index contributed by atoms with van der Waals surface area (Å²) in [7, 11) is 0. The van der Waals surface area contributed by atoms with Gasteiger partial charge in [-0.3, -0.25) is 0 Å². The second-order valence-corrected chi connectivity index (χ2v) is 4.95. The predicted octanol–water partition coefficient (Wildman–Crippen LogP) is 2.39. The molecule has 3 nitrogen and oxygen atoms in total. The lowest BCUT2D eigenvalue weighted by Gasteiger charge is -2.10. The minimum atomic E-state index is 0.261. The Morgan fingerprint density at radius 1 is 1.41 bits per heavy atom. The van der Waals surface area contributed by atoms with E-state index in [1.807, 2.05) is 36.9 Å². The maximum atomic E-state index is 8.99. The highest BCUT2D eigenvalue weighted by Gasteiger charge is 2.03. The quantitative estimate of drug-likeness (QED) is 0.730. The van der Waals surface area contributed by atoms with E-state index in [9.17, 15) is 0 Å². The summed E-state index contributed by atoms with van der Waals surface area (Å²) in [5, 5.41) is 20.9. The molecule has 0 saturated carbocycles. The molecular formula is C13H18N2OS. The van der Waals surface area contributed by atoms with Crippen LogP contribution in [0.2, 0.25) is 0 Å². The van der Waals surface area contributed by atoms with Crippen LogP contribution in [0.1, 0.15) is 17.5 Å². The van der Waals surface area contributed by atoms with Crippen molar-refractivity contribution in [1.29, 1.82) is 5.26 Å². The molecule has 1 rings (SSSR count). The maximum absolute atomic E-state index is 8.99. The predicted molar refractivity (Wildman–Crippen MR) is 73.4 cm³/mol. The lowest BCUT2D eigenvalue weighted by atomic mass is 10.1. The molecule has 0 amide bonds. The monoisotopic (exact) mass is 250 g/mol. The molecule has 0 fully saturated rings. The van der Waals surface area contributed by atoms with Gasteiger partial charge in [0, 0.05) is 18.9 Å². The first-order chi connectivity index (χ1) is 8.29. The number of aryl methyl sites for hydroxylation is 1. The minimum Gasteiger partial charge on any atom is -0.396 e. The van der Waals surface area contributed by atoms with E-state index in [4.69, 9.17) is 10.4 Å². The summed E-state index contributed by atoms with van der Waals surface area (Å²) in [6, 6.07) is 7.92. The van der Waals surface area contributed by atoms with E-state index in [2.05, 4.69) is 11.4 Å². The fourth-order valence-corrected chi connectivity index (χ4v) is 2.30. The van der Waals surface area contributed by atoms with E-state index >= 15 is 0 Å². The van der Waals surface area contributed by atoms with Gasteiger partial charge in [0.1, 0.15) is 6.07 Å². The van der Waals surface area contributed by atoms with Crippen LogP contribution in [0.5, 0.6) is 0 Å². The van der Waals surface area contributed by atoms with E-state index in [-0.39, 0.29) is 6.61 Å². The summed E-state index contributed by atoms with van der Waals surface area (Å²) in [6.07, 6.45) is 0.846. The Bertz CT molecular complexity index is 387. The molecule has 1 aromatic carbocycles. The first kappa shape index (κ1) is 13.9. The summed E-state index contributed by atoms with van der Waals surface area (Å²) < 4.78 is 0. The Morgan fingerprint density at radius 3 is 2.94 bits per heavy atom. The Hall–Kier alpha value is -1.18. The zero-order valence-corrected chi connectivity index (χ0v) is 10.9. The van der Waals surface area contributed by atoms with E-state index in [0.29, 0.717) is 5.56 Å². The van der Waals surface area contributed by atoms with E-state index < -0.39 is 0 Å². The molecule has 0 aliphatic rings. The summed E-state index contributed by atoms with van der Waals surface area (Å²) in [5.74, 6) is 1.97. The Morgan fingerprint density at radius 2 is 2.24 bits per heavy atom. The molecule has 0 spiro atoms. The van der Waals surface area contributed by atoms with Crippen LogP contribution < -0.4 is 5.32 Å². The van der Waals surface area contributed by atoms with Gasteiger partial charge in [0.15, 0.2) is 0 Å². The van der Waals surface area contributed by atoms with Crippen molar-refractivity contribution in [3.05, 3.63) is 29.3 Å². The molecule has 0 atom stereocenters. The molecule has 0 saturated heterocycles. The maximum Gasteiger partial charge on any atom is 0.101 e. The summed E-state index contributed by atoms with van der Waals surface area (Å²) in [4.78, 5) is 0. The van der Waals surface area contributed by atoms with Crippen LogP contribution in [0.4, 0.5) is 5.69 Å². The van der Waals surface area contributed by atoms with Gasteiger partial charge < -0.3 is 10.4 Å². The fraction of sp³-hybridized carbons (Fsp3) is 0.462. The second kappa shape index (κ2) is 7.99. The number of aliphatic hydroxyl groups excluding tert-OH is 1. The van der Waals surface area contributed by atoms with Gasteiger partial charge in [0.05, 0.1) is 11.3 Å². The van der Waals surface area contributed by atoms with Crippen molar-refractivity contribution in [2.45, 2.75) is 13.3 Å². The number of aliphatic hydroxyl groups is 1. The van der Waals surface area contributed by atoms with Crippen molar-refractivity contribution in [3.63, 3.8) is 0 Å². The van der Waals surface area contributed by atoms with E-state index in [1.54, 1.807) is 0 Å². The summed E-state index contributed by atoms with van der Waals surface area (Å²) in [5.41, 5.74) is 2.74. The van der Waals surface area contributed by atoms with Gasteiger partial charge >= 0.3 is 0 Å². The molecule has 0 heterocycles. The molecule has 2 N–H and O–H groups in total. The van der Waals surface area contributed by atoms with Gasteiger partial charge in [0.2, 0.25) is 0 Å². The van der Waals surface area contributed by atoms with Crippen molar-refractivity contribution in [2.75, 3.05) is 30.0 Å². The molecule has 4 heteroatoms. The number of thioether (sulfide) groups is 1. The molecule has 0 radical (unpaired) electrons. The van der Waals surface area contributed by atoms with Crippen LogP contribution in [0.15, 0.2) is 18.2 Å². The first-order valence-electron chi connectivity index (χ1n) is 5.71. The molecule has 0 aliphatic carbocycles. The van der Waals surface area contributed by atoms with Crippen molar-refractivity contribution < 1.29 is 5.11 Å². The smallest absolute Gasteiger partial charge is 0.101 e. The highest BCUT2D eigenvalue weighted by Crippen LogP contribution is 2.19. The first-order valence-corrected chi connectivity index (χ1v) is 6.87. The number of nitrogens with one attached hydrogen (secondary N) is 1. The minimum absolute atomic E-state index is 0.261. The summed E-state index contributed by atoms with van der Waals surface area (Å²) in [6.45, 7) is 3.11. The number of para-hydroxylation sites is 1. The summed E-state index contributed by atoms with van der Waals surface area (Å²) >= 11 is 1.81. The normalized spacial score (nSPS) is 9.94. The Kier molecular flexibility index (Phi) is 6.53. The zero-order chi connectivity index (χ0) is 12.5. The third kappa shape index (κ3) is 4.68. The van der Waals surface area contributed by atoms with Crippen molar-refractivity contribution in [1.82, 2.24) is 0 Å². The number of anilines is 1. The van der Waals surface area contributed by atoms with Crippen LogP contribution in [0.3, 0.4) is 0 Å². The average molecular weight is 250 g/mol. The number of nitrogens with zero attached hydrogens (tertiary/aromatic N) is 1. The van der Waals surface area contributed by atoms with Gasteiger partial charge in [-0.25, -0.2) is 0 Å². The van der Waals surface area contributed by atoms with Crippen LogP contribution in [-0.2, 0) is 0 Å². The second-order valence-electron chi connectivity index (χ2n) is 3.73. The Labute approximate surface area is 107 Å². The van der Waals surface area contributed by atoms with Crippen LogP contribution in [0, 0.1) is 18.3 Å². The third-order valence-corrected chi connectivity index (χ3v) is 3.46. The molecule has 0 aromatic heterocycles. The third-order valence-electron chi connectivity index (χ3n) is 2.39. The number of nitriles is 1. The zero-order valence-electron chi connectivity index (χ0n) is 10.1. The van der Waals surface area contributed by atoms with Crippen molar-refractivity contribution in [3.8, 4) is 6.07 Å². The number of hydrogen-bond donors (Lipinski definition) is 2. The lowest BCUT2D eigenvalue weighted by Crippen LogP contribution is -2.07. The Balaban J connectivity index is 2.39. The molecule has 0 unspecified atom stereocenters. The molecule has 0 bridgehead atoms. The number of hydrogen-bond acceptors (Lipinski definition) is 4. The van der Waals surface area contributed by atoms with Gasteiger partial charge in [-0.1, -0.05) is 12.1 Å². The molecule has 17 heavy (non-hydrogen) atoms. The van der Waals surface area contributed by atoms with Crippen molar-refractivity contribution in [2.24, 2.45) is 0 Å². The van der Waals surface area contributed by atoms with Crippen LogP contribution in [0.25, 0.3) is 0 Å². The largest absolute Gasteiger partial charge is 0.396 e. The van der Waals surface area contributed by atoms with Gasteiger partial charge in [-0.2, -0.15) is 17.0 Å². The van der Waals surface area contributed by atoms with Gasteiger partial charge in [0.25, 0.3) is 0 Å². The lowest BCUT2D eigenvalue weighted by molar-refractivity contribution is 0.296. The standard InChI is InChI=1S/C13H18N2OS/c1-11-4-2-5-12(10-14)13(11)15-6-9-17-8-3-7-16/h2,4-5,15-16H,3,6-9H2,1H3. The number of benzene rings is 1. The van der Waals surface area contributed by atoms with Gasteiger partial charge in [-0.15, -0.1) is 0 Å². The molecule has 92 valence electrons. The topological polar surface area (TPSA) is 56.0 Å². The SMILES string of the molecule is Cc1cccc(C#N)c1NCCSCCCO. The van der Waals surface area contributed by atoms with Crippen molar-refractivity contribution >= 4 is 17.4 Å². The highest BCUT2D eigenvalue weighted by atomic mass is 32.2. The average Bonchev–Trinajstić information content (AvgIpc) is 2.35. The molecular weight excluding hydrogens is 232 g/mol.